The van der Waals surface area contributed by atoms with Crippen molar-refractivity contribution >= 4 is 0 Å². The van der Waals surface area contributed by atoms with Crippen LogP contribution in [0, 0.1) is 0 Å². The molecule has 2 nitrogen and oxygen atoms in total. The van der Waals surface area contributed by atoms with Gasteiger partial charge in [0.25, 0.3) is 0 Å². The van der Waals surface area contributed by atoms with Crippen LogP contribution in [-0.2, 0) is 4.74 Å². The minimum Gasteiger partial charge on any atom is -0.396 e. The Bertz CT molecular complexity index is 154. The van der Waals surface area contributed by atoms with Crippen LogP contribution in [0.1, 0.15) is 19.8 Å². The molecule has 0 amide bonds. The highest BCUT2D eigenvalue weighted by atomic mass is 19.2. The summed E-state index contributed by atoms with van der Waals surface area (Å²) in [6, 6.07) is 0. The summed E-state index contributed by atoms with van der Waals surface area (Å²) in [5, 5.41) is 8.56. The summed E-state index contributed by atoms with van der Waals surface area (Å²) >= 11 is 0. The molecular formula is C8H14F2O2. The molecule has 0 saturated carbocycles. The zero-order valence-electron chi connectivity index (χ0n) is 7.09. The molecule has 1 rings (SSSR count). The number of aliphatic hydroxyl groups excluding tert-OH is 1. The predicted molar refractivity (Wildman–Crippen MR) is 40.5 cm³/mol. The fraction of sp³-hybridized carbons (Fsp3) is 1.00. The Morgan fingerprint density at radius 3 is 2.75 bits per heavy atom. The summed E-state index contributed by atoms with van der Waals surface area (Å²) in [6.45, 7) is 0.479. The van der Waals surface area contributed by atoms with E-state index in [1.54, 1.807) is 0 Å². The van der Waals surface area contributed by atoms with E-state index in [0.29, 0.717) is 6.42 Å². The monoisotopic (exact) mass is 180 g/mol. The fourth-order valence-electron chi connectivity index (χ4n) is 1.48. The summed E-state index contributed by atoms with van der Waals surface area (Å²) in [6.07, 6.45) is -0.578. The van der Waals surface area contributed by atoms with Crippen LogP contribution in [0.25, 0.3) is 0 Å². The number of hydrogen-bond donors (Lipinski definition) is 1. The molecule has 1 aliphatic heterocycles. The van der Waals surface area contributed by atoms with Crippen LogP contribution in [0.5, 0.6) is 0 Å². The van der Waals surface area contributed by atoms with E-state index >= 15 is 0 Å². The van der Waals surface area contributed by atoms with Crippen LogP contribution in [0.2, 0.25) is 0 Å². The molecule has 0 bridgehead atoms. The maximum Gasteiger partial charge on any atom is 0.167 e. The van der Waals surface area contributed by atoms with Gasteiger partial charge in [0.15, 0.2) is 5.67 Å². The average Bonchev–Trinajstić information content (AvgIpc) is 2.30. The quantitative estimate of drug-likeness (QED) is 0.707. The molecule has 0 aromatic rings. The second-order valence-corrected chi connectivity index (χ2v) is 3.28. The van der Waals surface area contributed by atoms with Crippen molar-refractivity contribution in [2.24, 2.45) is 0 Å². The lowest BCUT2D eigenvalue weighted by molar-refractivity contribution is -0.00568. The first kappa shape index (κ1) is 9.86. The van der Waals surface area contributed by atoms with E-state index in [0.717, 1.165) is 0 Å². The lowest BCUT2D eigenvalue weighted by atomic mass is 9.97. The Labute approximate surface area is 70.5 Å². The molecule has 0 aromatic carbocycles. The Morgan fingerprint density at radius 1 is 1.67 bits per heavy atom. The van der Waals surface area contributed by atoms with Crippen LogP contribution in [-0.4, -0.2) is 36.3 Å². The van der Waals surface area contributed by atoms with E-state index in [9.17, 15) is 8.78 Å². The average molecular weight is 180 g/mol. The molecule has 72 valence electrons. The Balaban J connectivity index is 2.49. The molecule has 1 N–H and O–H groups in total. The summed E-state index contributed by atoms with van der Waals surface area (Å²) < 4.78 is 30.8. The highest BCUT2D eigenvalue weighted by molar-refractivity contribution is 4.94. The molecule has 0 radical (unpaired) electrons. The van der Waals surface area contributed by atoms with E-state index in [-0.39, 0.29) is 19.1 Å². The summed E-state index contributed by atoms with van der Waals surface area (Å²) in [5.41, 5.74) is -1.83. The molecule has 1 saturated heterocycles. The van der Waals surface area contributed by atoms with Gasteiger partial charge in [-0.05, 0) is 13.3 Å². The van der Waals surface area contributed by atoms with Crippen molar-refractivity contribution < 1.29 is 18.6 Å². The van der Waals surface area contributed by atoms with Gasteiger partial charge in [-0.3, -0.25) is 0 Å². The molecule has 12 heavy (non-hydrogen) atoms. The van der Waals surface area contributed by atoms with Crippen molar-refractivity contribution in [3.8, 4) is 0 Å². The van der Waals surface area contributed by atoms with E-state index in [4.69, 9.17) is 9.84 Å². The number of alkyl halides is 2. The van der Waals surface area contributed by atoms with E-state index in [1.165, 1.54) is 6.92 Å². The SMILES string of the molecule is CC1OC(CCO)CC1(F)CF. The van der Waals surface area contributed by atoms with Gasteiger partial charge in [0.1, 0.15) is 6.67 Å². The molecule has 1 fully saturated rings. The summed E-state index contributed by atoms with van der Waals surface area (Å²) in [7, 11) is 0. The topological polar surface area (TPSA) is 29.5 Å². The molecular weight excluding hydrogens is 166 g/mol. The molecule has 0 aliphatic carbocycles. The first-order valence-electron chi connectivity index (χ1n) is 4.13. The van der Waals surface area contributed by atoms with Crippen LogP contribution >= 0.6 is 0 Å². The van der Waals surface area contributed by atoms with Gasteiger partial charge in [-0.1, -0.05) is 0 Å². The second kappa shape index (κ2) is 3.66. The lowest BCUT2D eigenvalue weighted by Gasteiger charge is -2.17. The predicted octanol–water partition coefficient (Wildman–Crippen LogP) is 1.22. The van der Waals surface area contributed by atoms with Crippen molar-refractivity contribution in [1.29, 1.82) is 0 Å². The Morgan fingerprint density at radius 2 is 2.33 bits per heavy atom. The first-order chi connectivity index (χ1) is 5.62. The van der Waals surface area contributed by atoms with Crippen molar-refractivity contribution in [3.63, 3.8) is 0 Å². The number of halogens is 2. The zero-order chi connectivity index (χ0) is 9.19. The third-order valence-electron chi connectivity index (χ3n) is 2.37. The standard InChI is InChI=1S/C8H14F2O2/c1-6-8(10,5-9)4-7(12-6)2-3-11/h6-7,11H,2-5H2,1H3. The molecule has 4 heteroatoms. The molecule has 1 heterocycles. The van der Waals surface area contributed by atoms with Crippen LogP contribution < -0.4 is 0 Å². The maximum atomic E-state index is 13.4. The Hall–Kier alpha value is -0.220. The molecule has 3 atom stereocenters. The molecule has 3 unspecified atom stereocenters. The van der Waals surface area contributed by atoms with Crippen molar-refractivity contribution in [2.45, 2.75) is 37.6 Å². The summed E-state index contributed by atoms with van der Waals surface area (Å²) in [5.74, 6) is 0. The fourth-order valence-corrected chi connectivity index (χ4v) is 1.48. The lowest BCUT2D eigenvalue weighted by Crippen LogP contribution is -2.33. The molecule has 1 aliphatic rings. The Kier molecular flexibility index (Phi) is 3.01. The van der Waals surface area contributed by atoms with Crippen molar-refractivity contribution in [2.75, 3.05) is 13.3 Å². The van der Waals surface area contributed by atoms with Gasteiger partial charge in [-0.2, -0.15) is 0 Å². The van der Waals surface area contributed by atoms with E-state index in [2.05, 4.69) is 0 Å². The van der Waals surface area contributed by atoms with Gasteiger partial charge in [-0.15, -0.1) is 0 Å². The largest absolute Gasteiger partial charge is 0.396 e. The normalized spacial score (nSPS) is 42.0. The number of hydrogen-bond acceptors (Lipinski definition) is 2. The van der Waals surface area contributed by atoms with Gasteiger partial charge in [0, 0.05) is 13.0 Å². The minimum atomic E-state index is -1.83. The van der Waals surface area contributed by atoms with Gasteiger partial charge in [0.2, 0.25) is 0 Å². The first-order valence-corrected chi connectivity index (χ1v) is 4.13. The number of aliphatic hydroxyl groups is 1. The number of ether oxygens (including phenoxy) is 1. The maximum absolute atomic E-state index is 13.4. The highest BCUT2D eigenvalue weighted by Crippen LogP contribution is 2.35. The minimum absolute atomic E-state index is 0.0419. The molecule has 0 aromatic heterocycles. The van der Waals surface area contributed by atoms with E-state index < -0.39 is 18.4 Å². The third-order valence-corrected chi connectivity index (χ3v) is 2.37. The van der Waals surface area contributed by atoms with Crippen LogP contribution in [0.4, 0.5) is 8.78 Å². The van der Waals surface area contributed by atoms with Crippen molar-refractivity contribution in [1.82, 2.24) is 0 Å². The third kappa shape index (κ3) is 1.75. The van der Waals surface area contributed by atoms with Gasteiger partial charge >= 0.3 is 0 Å². The zero-order valence-corrected chi connectivity index (χ0v) is 7.09. The van der Waals surface area contributed by atoms with Crippen molar-refractivity contribution in [3.05, 3.63) is 0 Å². The van der Waals surface area contributed by atoms with Crippen LogP contribution in [0.15, 0.2) is 0 Å². The van der Waals surface area contributed by atoms with Gasteiger partial charge in [0.05, 0.1) is 12.2 Å². The number of rotatable bonds is 3. The summed E-state index contributed by atoms with van der Waals surface area (Å²) in [4.78, 5) is 0. The highest BCUT2D eigenvalue weighted by Gasteiger charge is 2.46. The molecule has 0 spiro atoms. The van der Waals surface area contributed by atoms with Crippen LogP contribution in [0.3, 0.4) is 0 Å². The van der Waals surface area contributed by atoms with Gasteiger partial charge < -0.3 is 9.84 Å². The second-order valence-electron chi connectivity index (χ2n) is 3.28. The van der Waals surface area contributed by atoms with Gasteiger partial charge in [-0.25, -0.2) is 8.78 Å². The van der Waals surface area contributed by atoms with E-state index in [1.807, 2.05) is 0 Å². The smallest absolute Gasteiger partial charge is 0.167 e.